The molecule has 0 aliphatic carbocycles. The molecule has 0 amide bonds. The topological polar surface area (TPSA) is 36.1 Å². The van der Waals surface area contributed by atoms with Gasteiger partial charge in [-0.05, 0) is 31.1 Å². The lowest BCUT2D eigenvalue weighted by atomic mass is 10.2. The second kappa shape index (κ2) is 4.84. The van der Waals surface area contributed by atoms with Crippen molar-refractivity contribution in [3.05, 3.63) is 41.9 Å². The van der Waals surface area contributed by atoms with Crippen LogP contribution < -0.4 is 0 Å². The number of aldehydes is 1. The molecule has 0 radical (unpaired) electrons. The van der Waals surface area contributed by atoms with Crippen LogP contribution in [-0.2, 0) is 11.2 Å². The first-order valence-corrected chi connectivity index (χ1v) is 5.53. The first kappa shape index (κ1) is 10.7. The van der Waals surface area contributed by atoms with Crippen LogP contribution in [-0.4, -0.2) is 28.8 Å². The fourth-order valence-corrected chi connectivity index (χ4v) is 1.96. The zero-order valence-corrected chi connectivity index (χ0v) is 9.39. The minimum atomic E-state index is -0.148. The van der Waals surface area contributed by atoms with Crippen molar-refractivity contribution < 1.29 is 4.79 Å². The molecule has 0 spiro atoms. The van der Waals surface area contributed by atoms with E-state index in [4.69, 9.17) is 0 Å². The third-order valence-electron chi connectivity index (χ3n) is 2.85. The molecule has 1 aliphatic rings. The van der Waals surface area contributed by atoms with Crippen molar-refractivity contribution in [3.63, 3.8) is 0 Å². The summed E-state index contributed by atoms with van der Waals surface area (Å²) in [4.78, 5) is 16.2. The lowest BCUT2D eigenvalue weighted by Gasteiger charge is -2.23. The summed E-state index contributed by atoms with van der Waals surface area (Å²) in [6, 6.07) is 1.94. The first-order valence-electron chi connectivity index (χ1n) is 5.53. The number of allylic oxidation sites excluding steroid dienone is 1. The van der Waals surface area contributed by atoms with Crippen LogP contribution in [0.3, 0.4) is 0 Å². The third kappa shape index (κ3) is 2.08. The SMILES string of the molecule is C/C=C/C(C=O)N1C=Cc2[nH]ccc2CC1. The van der Waals surface area contributed by atoms with Gasteiger partial charge in [0, 0.05) is 24.6 Å². The average Bonchev–Trinajstić information content (AvgIpc) is 2.66. The normalized spacial score (nSPS) is 17.2. The predicted octanol–water partition coefficient (Wildman–Crippen LogP) is 1.99. The molecule has 1 aromatic heterocycles. The molecule has 2 rings (SSSR count). The van der Waals surface area contributed by atoms with Crippen LogP contribution in [0.4, 0.5) is 0 Å². The molecule has 1 unspecified atom stereocenters. The summed E-state index contributed by atoms with van der Waals surface area (Å²) < 4.78 is 0. The summed E-state index contributed by atoms with van der Waals surface area (Å²) in [5, 5.41) is 0. The van der Waals surface area contributed by atoms with E-state index in [0.717, 1.165) is 24.9 Å². The van der Waals surface area contributed by atoms with Gasteiger partial charge in [0.05, 0.1) is 0 Å². The van der Waals surface area contributed by atoms with E-state index < -0.39 is 0 Å². The summed E-state index contributed by atoms with van der Waals surface area (Å²) in [5.41, 5.74) is 2.46. The molecule has 0 aromatic carbocycles. The van der Waals surface area contributed by atoms with E-state index >= 15 is 0 Å². The number of fused-ring (bicyclic) bond motifs is 1. The molecule has 3 nitrogen and oxygen atoms in total. The largest absolute Gasteiger partial charge is 0.364 e. The number of hydrogen-bond donors (Lipinski definition) is 1. The highest BCUT2D eigenvalue weighted by atomic mass is 16.1. The Bertz CT molecular complexity index is 417. The van der Waals surface area contributed by atoms with E-state index in [2.05, 4.69) is 16.0 Å². The van der Waals surface area contributed by atoms with E-state index in [-0.39, 0.29) is 6.04 Å². The summed E-state index contributed by atoms with van der Waals surface area (Å²) in [6.45, 7) is 2.80. The van der Waals surface area contributed by atoms with Gasteiger partial charge in [-0.1, -0.05) is 12.2 Å². The molecule has 1 N–H and O–H groups in total. The molecule has 2 heterocycles. The quantitative estimate of drug-likeness (QED) is 0.619. The van der Waals surface area contributed by atoms with Crippen LogP contribution >= 0.6 is 0 Å². The van der Waals surface area contributed by atoms with E-state index in [1.165, 1.54) is 5.56 Å². The van der Waals surface area contributed by atoms with Crippen molar-refractivity contribution in [1.82, 2.24) is 9.88 Å². The molecule has 0 saturated carbocycles. The Morgan fingerprint density at radius 1 is 1.56 bits per heavy atom. The van der Waals surface area contributed by atoms with Gasteiger partial charge in [-0.3, -0.25) is 0 Å². The Morgan fingerprint density at radius 2 is 2.44 bits per heavy atom. The van der Waals surface area contributed by atoms with Gasteiger partial charge in [0.25, 0.3) is 0 Å². The molecule has 3 heteroatoms. The van der Waals surface area contributed by atoms with Gasteiger partial charge in [0.15, 0.2) is 0 Å². The lowest BCUT2D eigenvalue weighted by molar-refractivity contribution is -0.110. The maximum Gasteiger partial charge on any atom is 0.146 e. The van der Waals surface area contributed by atoms with Crippen LogP contribution in [0.25, 0.3) is 6.08 Å². The van der Waals surface area contributed by atoms with E-state index in [0.29, 0.717) is 0 Å². The number of aromatic nitrogens is 1. The van der Waals surface area contributed by atoms with Crippen LogP contribution in [0.1, 0.15) is 18.2 Å². The van der Waals surface area contributed by atoms with Crippen LogP contribution in [0.15, 0.2) is 30.6 Å². The van der Waals surface area contributed by atoms with Gasteiger partial charge < -0.3 is 14.7 Å². The molecular weight excluding hydrogens is 200 g/mol. The summed E-state index contributed by atoms with van der Waals surface area (Å²) in [6.07, 6.45) is 11.7. The molecule has 0 bridgehead atoms. The van der Waals surface area contributed by atoms with Gasteiger partial charge in [-0.2, -0.15) is 0 Å². The number of H-pyrrole nitrogens is 1. The highest BCUT2D eigenvalue weighted by Gasteiger charge is 2.14. The van der Waals surface area contributed by atoms with Gasteiger partial charge in [0.1, 0.15) is 12.3 Å². The number of nitrogens with one attached hydrogen (secondary N) is 1. The first-order chi connectivity index (χ1) is 7.85. The van der Waals surface area contributed by atoms with E-state index in [1.54, 1.807) is 0 Å². The Labute approximate surface area is 95.5 Å². The molecule has 1 atom stereocenters. The Hall–Kier alpha value is -1.77. The highest BCUT2D eigenvalue weighted by Crippen LogP contribution is 2.16. The van der Waals surface area contributed by atoms with E-state index in [1.807, 2.05) is 37.5 Å². The van der Waals surface area contributed by atoms with Crippen molar-refractivity contribution in [2.45, 2.75) is 19.4 Å². The van der Waals surface area contributed by atoms with Gasteiger partial charge >= 0.3 is 0 Å². The molecule has 16 heavy (non-hydrogen) atoms. The van der Waals surface area contributed by atoms with Crippen LogP contribution in [0.2, 0.25) is 0 Å². The molecular formula is C13H16N2O. The predicted molar refractivity (Wildman–Crippen MR) is 64.9 cm³/mol. The fraction of sp³-hybridized carbons (Fsp3) is 0.308. The van der Waals surface area contributed by atoms with Crippen LogP contribution in [0, 0.1) is 0 Å². The molecule has 1 aliphatic heterocycles. The second-order valence-corrected chi connectivity index (χ2v) is 3.87. The number of aromatic amines is 1. The maximum absolute atomic E-state index is 11.0. The zero-order valence-electron chi connectivity index (χ0n) is 9.39. The van der Waals surface area contributed by atoms with Crippen LogP contribution in [0.5, 0.6) is 0 Å². The number of carbonyl (C=O) groups is 1. The van der Waals surface area contributed by atoms with Crippen molar-refractivity contribution in [2.75, 3.05) is 6.54 Å². The Morgan fingerprint density at radius 3 is 3.19 bits per heavy atom. The molecule has 0 saturated heterocycles. The minimum absolute atomic E-state index is 0.148. The molecule has 84 valence electrons. The number of carbonyl (C=O) groups excluding carboxylic acids is 1. The average molecular weight is 216 g/mol. The van der Waals surface area contributed by atoms with Crippen molar-refractivity contribution in [1.29, 1.82) is 0 Å². The number of rotatable bonds is 3. The fourth-order valence-electron chi connectivity index (χ4n) is 1.96. The van der Waals surface area contributed by atoms with Gasteiger partial charge in [0.2, 0.25) is 0 Å². The standard InChI is InChI=1S/C13H16N2O/c1-2-3-12(10-16)15-8-5-11-4-7-14-13(11)6-9-15/h2-4,6-7,9-10,12,14H,5,8H2,1H3/b3-2+. The summed E-state index contributed by atoms with van der Waals surface area (Å²) in [5.74, 6) is 0. The Balaban J connectivity index is 2.16. The Kier molecular flexibility index (Phi) is 3.25. The van der Waals surface area contributed by atoms with Gasteiger partial charge in [-0.25, -0.2) is 0 Å². The monoisotopic (exact) mass is 216 g/mol. The summed E-state index contributed by atoms with van der Waals surface area (Å²) in [7, 11) is 0. The maximum atomic E-state index is 11.0. The van der Waals surface area contributed by atoms with Crippen molar-refractivity contribution in [3.8, 4) is 0 Å². The van der Waals surface area contributed by atoms with Gasteiger partial charge in [-0.15, -0.1) is 0 Å². The molecule has 1 aromatic rings. The summed E-state index contributed by atoms with van der Waals surface area (Å²) >= 11 is 0. The third-order valence-corrected chi connectivity index (χ3v) is 2.85. The minimum Gasteiger partial charge on any atom is -0.364 e. The zero-order chi connectivity index (χ0) is 11.4. The van der Waals surface area contributed by atoms with E-state index in [9.17, 15) is 4.79 Å². The smallest absolute Gasteiger partial charge is 0.146 e. The number of hydrogen-bond acceptors (Lipinski definition) is 2. The second-order valence-electron chi connectivity index (χ2n) is 3.87. The number of nitrogens with zero attached hydrogens (tertiary/aromatic N) is 1. The highest BCUT2D eigenvalue weighted by molar-refractivity contribution is 5.62. The molecule has 0 fully saturated rings. The lowest BCUT2D eigenvalue weighted by Crippen LogP contribution is -2.31. The van der Waals surface area contributed by atoms with Crippen molar-refractivity contribution in [2.24, 2.45) is 0 Å². The van der Waals surface area contributed by atoms with Crippen molar-refractivity contribution >= 4 is 12.4 Å².